The highest BCUT2D eigenvalue weighted by Gasteiger charge is 2.29. The first-order valence-electron chi connectivity index (χ1n) is 6.88. The van der Waals surface area contributed by atoms with E-state index in [1.54, 1.807) is 7.05 Å². The summed E-state index contributed by atoms with van der Waals surface area (Å²) < 4.78 is 27.6. The normalized spacial score (nSPS) is 11.8. The average Bonchev–Trinajstić information content (AvgIpc) is 2.75. The largest absolute Gasteiger partial charge is 0.381 e. The van der Waals surface area contributed by atoms with Gasteiger partial charge in [-0.2, -0.15) is 9.40 Å². The number of rotatable bonds is 8. The number of anilines is 1. The molecule has 0 unspecified atom stereocenters. The molecule has 21 heavy (non-hydrogen) atoms. The van der Waals surface area contributed by atoms with E-state index in [9.17, 15) is 13.2 Å². The molecule has 0 atom stereocenters. The van der Waals surface area contributed by atoms with E-state index in [0.29, 0.717) is 13.0 Å². The summed E-state index contributed by atoms with van der Waals surface area (Å²) in [4.78, 5) is 11.7. The number of nitrogen functional groups attached to an aromatic ring is 1. The standard InChI is InChI=1S/C12H23N5O3S/c1-4-6-14-11(18)9-17(7-5-2)21(19,20)10-8-16(3)15-12(10)13/h8H,4-7,9H2,1-3H3,(H2,13,15)(H,14,18). The number of carbonyl (C=O) groups is 1. The van der Waals surface area contributed by atoms with Crippen LogP contribution in [0.1, 0.15) is 26.7 Å². The van der Waals surface area contributed by atoms with Crippen LogP contribution in [0.3, 0.4) is 0 Å². The minimum Gasteiger partial charge on any atom is -0.381 e. The predicted molar refractivity (Wildman–Crippen MR) is 80.0 cm³/mol. The van der Waals surface area contributed by atoms with Crippen molar-refractivity contribution in [1.82, 2.24) is 19.4 Å². The molecule has 0 saturated carbocycles. The second-order valence-corrected chi connectivity index (χ2v) is 6.65. The fourth-order valence-electron chi connectivity index (χ4n) is 1.84. The number of hydrogen-bond acceptors (Lipinski definition) is 5. The molecule has 1 amide bonds. The van der Waals surface area contributed by atoms with Crippen LogP contribution in [0.25, 0.3) is 0 Å². The van der Waals surface area contributed by atoms with Gasteiger partial charge in [0, 0.05) is 26.3 Å². The zero-order chi connectivity index (χ0) is 16.0. The van der Waals surface area contributed by atoms with Crippen molar-refractivity contribution in [2.75, 3.05) is 25.4 Å². The van der Waals surface area contributed by atoms with Gasteiger partial charge in [-0.1, -0.05) is 13.8 Å². The van der Waals surface area contributed by atoms with Gasteiger partial charge in [0.15, 0.2) is 5.82 Å². The van der Waals surface area contributed by atoms with E-state index in [-0.39, 0.29) is 29.7 Å². The quantitative estimate of drug-likeness (QED) is 0.697. The Morgan fingerprint density at radius 1 is 1.43 bits per heavy atom. The van der Waals surface area contributed by atoms with Gasteiger partial charge in [0.05, 0.1) is 6.54 Å². The number of aromatic nitrogens is 2. The third kappa shape index (κ3) is 4.43. The van der Waals surface area contributed by atoms with Crippen LogP contribution in [0, 0.1) is 0 Å². The van der Waals surface area contributed by atoms with E-state index in [0.717, 1.165) is 10.7 Å². The molecule has 0 bridgehead atoms. The molecular formula is C12H23N5O3S. The number of aryl methyl sites for hydroxylation is 1. The van der Waals surface area contributed by atoms with Crippen LogP contribution in [0.2, 0.25) is 0 Å². The lowest BCUT2D eigenvalue weighted by atomic mass is 10.4. The molecule has 8 nitrogen and oxygen atoms in total. The summed E-state index contributed by atoms with van der Waals surface area (Å²) in [6, 6.07) is 0. The highest BCUT2D eigenvalue weighted by Crippen LogP contribution is 2.20. The molecule has 120 valence electrons. The van der Waals surface area contributed by atoms with Crippen molar-refractivity contribution in [2.24, 2.45) is 7.05 Å². The molecule has 1 rings (SSSR count). The number of amides is 1. The Balaban J connectivity index is 2.98. The van der Waals surface area contributed by atoms with Crippen LogP contribution in [-0.4, -0.2) is 48.0 Å². The Morgan fingerprint density at radius 3 is 2.57 bits per heavy atom. The number of nitrogens with two attached hydrogens (primary N) is 1. The van der Waals surface area contributed by atoms with Crippen molar-refractivity contribution in [2.45, 2.75) is 31.6 Å². The summed E-state index contributed by atoms with van der Waals surface area (Å²) in [5.74, 6) is -0.385. The third-order valence-corrected chi connectivity index (χ3v) is 4.67. The lowest BCUT2D eigenvalue weighted by molar-refractivity contribution is -0.121. The Kier molecular flexibility index (Phi) is 6.16. The van der Waals surface area contributed by atoms with E-state index in [4.69, 9.17) is 5.73 Å². The molecule has 1 heterocycles. The smallest absolute Gasteiger partial charge is 0.248 e. The minimum absolute atomic E-state index is 0.0624. The van der Waals surface area contributed by atoms with Gasteiger partial charge >= 0.3 is 0 Å². The Morgan fingerprint density at radius 2 is 2.10 bits per heavy atom. The van der Waals surface area contributed by atoms with Crippen LogP contribution in [0.15, 0.2) is 11.1 Å². The van der Waals surface area contributed by atoms with Crippen LogP contribution in [-0.2, 0) is 21.9 Å². The van der Waals surface area contributed by atoms with Gasteiger partial charge in [-0.05, 0) is 12.8 Å². The Labute approximate surface area is 125 Å². The summed E-state index contributed by atoms with van der Waals surface area (Å²) in [6.45, 7) is 4.32. The Bertz CT molecular complexity index is 582. The monoisotopic (exact) mass is 317 g/mol. The van der Waals surface area contributed by atoms with E-state index < -0.39 is 10.0 Å². The number of sulfonamides is 1. The molecule has 1 aromatic rings. The number of nitrogens with one attached hydrogen (secondary N) is 1. The summed E-state index contributed by atoms with van der Waals surface area (Å²) in [5, 5.41) is 6.50. The van der Waals surface area contributed by atoms with Gasteiger partial charge in [0.25, 0.3) is 0 Å². The molecular weight excluding hydrogens is 294 g/mol. The summed E-state index contributed by atoms with van der Waals surface area (Å²) in [7, 11) is -2.24. The Hall–Kier alpha value is -1.61. The van der Waals surface area contributed by atoms with Crippen LogP contribution in [0.4, 0.5) is 5.82 Å². The van der Waals surface area contributed by atoms with Crippen molar-refractivity contribution in [1.29, 1.82) is 0 Å². The van der Waals surface area contributed by atoms with Gasteiger partial charge in [0.1, 0.15) is 4.90 Å². The molecule has 0 spiro atoms. The maximum absolute atomic E-state index is 12.6. The molecule has 0 aliphatic rings. The molecule has 9 heteroatoms. The predicted octanol–water partition coefficient (Wildman–Crippen LogP) is -0.0708. The van der Waals surface area contributed by atoms with Crippen molar-refractivity contribution in [3.63, 3.8) is 0 Å². The number of nitrogens with zero attached hydrogens (tertiary/aromatic N) is 3. The van der Waals surface area contributed by atoms with Gasteiger partial charge in [-0.25, -0.2) is 8.42 Å². The molecule has 0 fully saturated rings. The lowest BCUT2D eigenvalue weighted by Crippen LogP contribution is -2.41. The second-order valence-electron chi connectivity index (χ2n) is 4.74. The molecule has 3 N–H and O–H groups in total. The van der Waals surface area contributed by atoms with Crippen LogP contribution in [0.5, 0.6) is 0 Å². The number of carbonyl (C=O) groups excluding carboxylic acids is 1. The SMILES string of the molecule is CCCNC(=O)CN(CCC)S(=O)(=O)c1cn(C)nc1N. The zero-order valence-electron chi connectivity index (χ0n) is 12.7. The molecule has 0 saturated heterocycles. The molecule has 0 aliphatic heterocycles. The summed E-state index contributed by atoms with van der Waals surface area (Å²) in [5.41, 5.74) is 5.63. The fraction of sp³-hybridized carbons (Fsp3) is 0.667. The molecule has 0 radical (unpaired) electrons. The first-order chi connectivity index (χ1) is 9.82. The van der Waals surface area contributed by atoms with Crippen molar-refractivity contribution in [3.8, 4) is 0 Å². The summed E-state index contributed by atoms with van der Waals surface area (Å²) in [6.07, 6.45) is 2.74. The fourth-order valence-corrected chi connectivity index (χ4v) is 3.42. The zero-order valence-corrected chi connectivity index (χ0v) is 13.5. The van der Waals surface area contributed by atoms with E-state index in [2.05, 4.69) is 10.4 Å². The van der Waals surface area contributed by atoms with Gasteiger partial charge in [-0.15, -0.1) is 0 Å². The van der Waals surface area contributed by atoms with Crippen molar-refractivity contribution < 1.29 is 13.2 Å². The highest BCUT2D eigenvalue weighted by atomic mass is 32.2. The van der Waals surface area contributed by atoms with Crippen LogP contribution < -0.4 is 11.1 Å². The maximum Gasteiger partial charge on any atom is 0.248 e. The van der Waals surface area contributed by atoms with Crippen molar-refractivity contribution in [3.05, 3.63) is 6.20 Å². The highest BCUT2D eigenvalue weighted by molar-refractivity contribution is 7.89. The topological polar surface area (TPSA) is 110 Å². The van der Waals surface area contributed by atoms with Gasteiger partial charge < -0.3 is 11.1 Å². The van der Waals surface area contributed by atoms with Gasteiger partial charge in [-0.3, -0.25) is 9.48 Å². The van der Waals surface area contributed by atoms with Gasteiger partial charge in [0.2, 0.25) is 15.9 Å². The molecule has 1 aromatic heterocycles. The van der Waals surface area contributed by atoms with E-state index >= 15 is 0 Å². The first kappa shape index (κ1) is 17.4. The summed E-state index contributed by atoms with van der Waals surface area (Å²) >= 11 is 0. The molecule has 0 aromatic carbocycles. The van der Waals surface area contributed by atoms with Crippen molar-refractivity contribution >= 4 is 21.7 Å². The number of hydrogen-bond donors (Lipinski definition) is 2. The third-order valence-electron chi connectivity index (χ3n) is 2.80. The molecule has 0 aliphatic carbocycles. The maximum atomic E-state index is 12.6. The second kappa shape index (κ2) is 7.41. The minimum atomic E-state index is -3.83. The average molecular weight is 317 g/mol. The first-order valence-corrected chi connectivity index (χ1v) is 8.32. The lowest BCUT2D eigenvalue weighted by Gasteiger charge is -2.20. The van der Waals surface area contributed by atoms with Crippen LogP contribution >= 0.6 is 0 Å². The van der Waals surface area contributed by atoms with E-state index in [1.165, 1.54) is 10.9 Å². The van der Waals surface area contributed by atoms with E-state index in [1.807, 2.05) is 13.8 Å².